The second-order valence-corrected chi connectivity index (χ2v) is 7.45. The summed E-state index contributed by atoms with van der Waals surface area (Å²) in [5.74, 6) is 0. The van der Waals surface area contributed by atoms with Gasteiger partial charge in [-0.05, 0) is 40.8 Å². The number of pyridine rings is 1. The molecule has 0 bridgehead atoms. The highest BCUT2D eigenvalue weighted by Crippen LogP contribution is 2.36. The van der Waals surface area contributed by atoms with Crippen LogP contribution in [0.1, 0.15) is 0 Å². The molecule has 0 spiro atoms. The molecule has 2 heteroatoms. The van der Waals surface area contributed by atoms with Crippen molar-refractivity contribution in [1.82, 2.24) is 4.98 Å². The number of benzene rings is 3. The summed E-state index contributed by atoms with van der Waals surface area (Å²) in [4.78, 5) is 6.29. The molecule has 0 atom stereocenters. The highest BCUT2D eigenvalue weighted by molar-refractivity contribution is 7.13. The molecule has 0 amide bonds. The van der Waals surface area contributed by atoms with E-state index in [9.17, 15) is 0 Å². The second kappa shape index (κ2) is 6.82. The monoisotopic (exact) mass is 363 g/mol. The Morgan fingerprint density at radius 1 is 0.593 bits per heavy atom. The van der Waals surface area contributed by atoms with Gasteiger partial charge in [0.2, 0.25) is 0 Å². The molecule has 0 fully saturated rings. The molecular weight excluding hydrogens is 346 g/mol. The minimum absolute atomic E-state index is 1.03. The molecule has 3 aromatic carbocycles. The first-order chi connectivity index (χ1) is 13.4. The summed E-state index contributed by atoms with van der Waals surface area (Å²) in [6.45, 7) is 0. The molecule has 27 heavy (non-hydrogen) atoms. The van der Waals surface area contributed by atoms with Crippen molar-refractivity contribution in [1.29, 1.82) is 0 Å². The molecule has 2 heterocycles. The van der Waals surface area contributed by atoms with E-state index in [0.717, 1.165) is 16.8 Å². The zero-order valence-corrected chi connectivity index (χ0v) is 15.5. The fourth-order valence-electron chi connectivity index (χ4n) is 3.43. The Balaban J connectivity index is 1.74. The molecule has 0 aliphatic heterocycles. The van der Waals surface area contributed by atoms with Crippen molar-refractivity contribution in [3.63, 3.8) is 0 Å². The number of hydrogen-bond donors (Lipinski definition) is 0. The number of aromatic nitrogens is 1. The summed E-state index contributed by atoms with van der Waals surface area (Å²) in [6.07, 6.45) is 0. The van der Waals surface area contributed by atoms with Gasteiger partial charge >= 0.3 is 0 Å². The lowest BCUT2D eigenvalue weighted by atomic mass is 9.98. The van der Waals surface area contributed by atoms with E-state index in [0.29, 0.717) is 0 Å². The van der Waals surface area contributed by atoms with Crippen molar-refractivity contribution in [2.45, 2.75) is 0 Å². The number of nitrogens with zero attached hydrogens (tertiary/aromatic N) is 1. The van der Waals surface area contributed by atoms with Crippen LogP contribution in [-0.2, 0) is 0 Å². The molecule has 2 aromatic heterocycles. The first kappa shape index (κ1) is 16.0. The fraction of sp³-hybridized carbons (Fsp3) is 0. The van der Waals surface area contributed by atoms with Gasteiger partial charge < -0.3 is 0 Å². The molecule has 0 saturated carbocycles. The summed E-state index contributed by atoms with van der Waals surface area (Å²) in [5.41, 5.74) is 6.82. The molecule has 5 rings (SSSR count). The predicted molar refractivity (Wildman–Crippen MR) is 116 cm³/mol. The Kier molecular flexibility index (Phi) is 4.04. The topological polar surface area (TPSA) is 12.9 Å². The number of para-hydroxylation sites is 1. The maximum Gasteiger partial charge on any atom is 0.0796 e. The summed E-state index contributed by atoms with van der Waals surface area (Å²) in [5, 5.41) is 3.29. The summed E-state index contributed by atoms with van der Waals surface area (Å²) in [7, 11) is 0. The number of rotatable bonds is 3. The van der Waals surface area contributed by atoms with E-state index in [-0.39, 0.29) is 0 Å². The zero-order valence-electron chi connectivity index (χ0n) is 14.7. The molecule has 0 unspecified atom stereocenters. The predicted octanol–water partition coefficient (Wildman–Crippen LogP) is 7.30. The van der Waals surface area contributed by atoms with Gasteiger partial charge in [-0.3, -0.25) is 0 Å². The Labute approximate surface area is 162 Å². The number of thiophene rings is 1. The first-order valence-electron chi connectivity index (χ1n) is 8.98. The van der Waals surface area contributed by atoms with Gasteiger partial charge in [-0.25, -0.2) is 4.98 Å². The summed E-state index contributed by atoms with van der Waals surface area (Å²) < 4.78 is 0. The van der Waals surface area contributed by atoms with Crippen LogP contribution in [0.15, 0.2) is 102 Å². The van der Waals surface area contributed by atoms with E-state index >= 15 is 0 Å². The lowest BCUT2D eigenvalue weighted by Gasteiger charge is -2.11. The Hall–Kier alpha value is -3.23. The van der Waals surface area contributed by atoms with Crippen LogP contribution in [0.25, 0.3) is 43.7 Å². The van der Waals surface area contributed by atoms with Gasteiger partial charge in [0.05, 0.1) is 11.2 Å². The normalized spacial score (nSPS) is 11.0. The smallest absolute Gasteiger partial charge is 0.0796 e. The third-order valence-electron chi connectivity index (χ3n) is 4.75. The average molecular weight is 363 g/mol. The van der Waals surface area contributed by atoms with Gasteiger partial charge in [-0.2, -0.15) is 0 Å². The molecular formula is C25H17NS. The van der Waals surface area contributed by atoms with Crippen LogP contribution in [0.5, 0.6) is 0 Å². The fourth-order valence-corrected chi connectivity index (χ4v) is 4.18. The Morgan fingerprint density at radius 3 is 2.22 bits per heavy atom. The van der Waals surface area contributed by atoms with Crippen LogP contribution in [0.2, 0.25) is 0 Å². The largest absolute Gasteiger partial charge is 0.247 e. The standard InChI is InChI=1S/C25H17NS/c1-2-8-18(9-3-1)19-11-6-12-21(16-19)25-22(24-14-7-15-27-24)17-20-10-4-5-13-23(20)26-25/h1-17H. The van der Waals surface area contributed by atoms with Crippen molar-refractivity contribution in [3.8, 4) is 32.8 Å². The quantitative estimate of drug-likeness (QED) is 0.328. The van der Waals surface area contributed by atoms with Crippen LogP contribution in [-0.4, -0.2) is 4.98 Å². The van der Waals surface area contributed by atoms with Crippen molar-refractivity contribution in [2.24, 2.45) is 0 Å². The van der Waals surface area contributed by atoms with Crippen molar-refractivity contribution < 1.29 is 0 Å². The number of hydrogen-bond acceptors (Lipinski definition) is 2. The molecule has 128 valence electrons. The maximum absolute atomic E-state index is 5.04. The molecule has 0 aliphatic carbocycles. The zero-order chi connectivity index (χ0) is 18.1. The van der Waals surface area contributed by atoms with Crippen molar-refractivity contribution in [3.05, 3.63) is 102 Å². The third kappa shape index (κ3) is 3.05. The van der Waals surface area contributed by atoms with Crippen LogP contribution in [0, 0.1) is 0 Å². The van der Waals surface area contributed by atoms with Gasteiger partial charge in [0.1, 0.15) is 0 Å². The van der Waals surface area contributed by atoms with E-state index < -0.39 is 0 Å². The van der Waals surface area contributed by atoms with Gasteiger partial charge in [0, 0.05) is 21.4 Å². The van der Waals surface area contributed by atoms with Crippen LogP contribution >= 0.6 is 11.3 Å². The van der Waals surface area contributed by atoms with Gasteiger partial charge in [0.25, 0.3) is 0 Å². The molecule has 0 saturated heterocycles. The van der Waals surface area contributed by atoms with E-state index in [2.05, 4.69) is 90.3 Å². The van der Waals surface area contributed by atoms with Gasteiger partial charge in [-0.15, -0.1) is 11.3 Å². The molecule has 0 N–H and O–H groups in total. The molecule has 5 aromatic rings. The number of fused-ring (bicyclic) bond motifs is 1. The van der Waals surface area contributed by atoms with Crippen LogP contribution < -0.4 is 0 Å². The summed E-state index contributed by atoms with van der Waals surface area (Å²) in [6, 6.07) is 34.0. The van der Waals surface area contributed by atoms with E-state index in [1.54, 1.807) is 11.3 Å². The van der Waals surface area contributed by atoms with E-state index in [1.807, 2.05) is 12.1 Å². The lowest BCUT2D eigenvalue weighted by Crippen LogP contribution is -1.91. The molecule has 0 aliphatic rings. The van der Waals surface area contributed by atoms with Crippen molar-refractivity contribution in [2.75, 3.05) is 0 Å². The Morgan fingerprint density at radius 2 is 1.37 bits per heavy atom. The van der Waals surface area contributed by atoms with Gasteiger partial charge in [-0.1, -0.05) is 72.8 Å². The van der Waals surface area contributed by atoms with E-state index in [4.69, 9.17) is 4.98 Å². The van der Waals surface area contributed by atoms with E-state index in [1.165, 1.54) is 27.0 Å². The second-order valence-electron chi connectivity index (χ2n) is 6.50. The van der Waals surface area contributed by atoms with Crippen LogP contribution in [0.4, 0.5) is 0 Å². The van der Waals surface area contributed by atoms with Crippen molar-refractivity contribution >= 4 is 22.2 Å². The molecule has 1 nitrogen and oxygen atoms in total. The lowest BCUT2D eigenvalue weighted by molar-refractivity contribution is 1.40. The van der Waals surface area contributed by atoms with Gasteiger partial charge in [0.15, 0.2) is 0 Å². The summed E-state index contributed by atoms with van der Waals surface area (Å²) >= 11 is 1.75. The molecule has 0 radical (unpaired) electrons. The average Bonchev–Trinajstić information content (AvgIpc) is 3.28. The minimum atomic E-state index is 1.03. The van der Waals surface area contributed by atoms with Crippen LogP contribution in [0.3, 0.4) is 0 Å². The highest BCUT2D eigenvalue weighted by atomic mass is 32.1. The Bertz CT molecular complexity index is 1210. The minimum Gasteiger partial charge on any atom is -0.247 e. The maximum atomic E-state index is 5.04. The third-order valence-corrected chi connectivity index (χ3v) is 5.66. The first-order valence-corrected chi connectivity index (χ1v) is 9.86. The highest BCUT2D eigenvalue weighted by Gasteiger charge is 2.13. The SMILES string of the molecule is c1ccc(-c2cccc(-c3nc4ccccc4cc3-c3cccs3)c2)cc1.